The van der Waals surface area contributed by atoms with Crippen molar-refractivity contribution >= 4 is 5.95 Å². The highest BCUT2D eigenvalue weighted by Gasteiger charge is 2.20. The molecule has 1 aliphatic carbocycles. The van der Waals surface area contributed by atoms with Crippen LogP contribution < -0.4 is 9.64 Å². The summed E-state index contributed by atoms with van der Waals surface area (Å²) in [6.45, 7) is 2.29. The highest BCUT2D eigenvalue weighted by molar-refractivity contribution is 5.32. The predicted octanol–water partition coefficient (Wildman–Crippen LogP) is 7.11. The molecule has 0 bridgehead atoms. The van der Waals surface area contributed by atoms with E-state index >= 15 is 0 Å². The summed E-state index contributed by atoms with van der Waals surface area (Å²) in [5, 5.41) is 0. The van der Waals surface area contributed by atoms with Gasteiger partial charge in [-0.05, 0) is 32.1 Å². The first-order valence-electron chi connectivity index (χ1n) is 12.4. The van der Waals surface area contributed by atoms with Gasteiger partial charge in [0.05, 0.1) is 0 Å². The molecule has 1 heterocycles. The molecule has 0 amide bonds. The Morgan fingerprint density at radius 1 is 0.828 bits per heavy atom. The molecular weight excluding hydrogens is 358 g/mol. The van der Waals surface area contributed by atoms with Gasteiger partial charge in [0.1, 0.15) is 6.10 Å². The van der Waals surface area contributed by atoms with Crippen LogP contribution in [-0.4, -0.2) is 30.2 Å². The third-order valence-electron chi connectivity index (χ3n) is 6.02. The summed E-state index contributed by atoms with van der Waals surface area (Å²) < 4.78 is 6.02. The molecule has 0 atom stereocenters. The Morgan fingerprint density at radius 3 is 1.86 bits per heavy atom. The van der Waals surface area contributed by atoms with Crippen molar-refractivity contribution in [1.29, 1.82) is 0 Å². The summed E-state index contributed by atoms with van der Waals surface area (Å²) in [4.78, 5) is 11.2. The lowest BCUT2D eigenvalue weighted by molar-refractivity contribution is 0.114. The zero-order chi connectivity index (χ0) is 20.7. The first kappa shape index (κ1) is 24.0. The Hall–Kier alpha value is -1.32. The summed E-state index contributed by atoms with van der Waals surface area (Å²) in [5.41, 5.74) is 1.13. The van der Waals surface area contributed by atoms with Crippen LogP contribution in [0, 0.1) is 0 Å². The number of hydrogen-bond acceptors (Lipinski definition) is 4. The average molecular weight is 404 g/mol. The van der Waals surface area contributed by atoms with E-state index in [1.165, 1.54) is 89.9 Å². The number of ether oxygens (including phenoxy) is 1. The van der Waals surface area contributed by atoms with Crippen molar-refractivity contribution in [3.8, 4) is 5.88 Å². The van der Waals surface area contributed by atoms with E-state index < -0.39 is 0 Å². The lowest BCUT2D eigenvalue weighted by Gasteiger charge is -2.26. The van der Waals surface area contributed by atoms with Gasteiger partial charge in [0.2, 0.25) is 11.8 Å². The van der Waals surface area contributed by atoms with Crippen molar-refractivity contribution < 1.29 is 4.74 Å². The number of rotatable bonds is 17. The van der Waals surface area contributed by atoms with Gasteiger partial charge in [-0.2, -0.15) is 4.98 Å². The molecule has 29 heavy (non-hydrogen) atoms. The van der Waals surface area contributed by atoms with Crippen LogP contribution in [-0.2, 0) is 6.42 Å². The van der Waals surface area contributed by atoms with E-state index in [9.17, 15) is 0 Å². The van der Waals surface area contributed by atoms with Crippen molar-refractivity contribution in [3.05, 3.63) is 11.8 Å². The lowest BCUT2D eigenvalue weighted by atomic mass is 9.96. The van der Waals surface area contributed by atoms with Crippen molar-refractivity contribution in [2.24, 2.45) is 0 Å². The van der Waals surface area contributed by atoms with Gasteiger partial charge < -0.3 is 9.64 Å². The predicted molar refractivity (Wildman–Crippen MR) is 124 cm³/mol. The maximum Gasteiger partial charge on any atom is 0.228 e. The third kappa shape index (κ3) is 10.3. The Balaban J connectivity index is 1.54. The SMILES string of the molecule is CCCCCCCCCCCCCCCc1cc(OC2CCC2)nc(N(C)C)n1. The number of anilines is 1. The van der Waals surface area contributed by atoms with Crippen LogP contribution in [0.4, 0.5) is 5.95 Å². The standard InChI is InChI=1S/C25H45N3O/c1-4-5-6-7-8-9-10-11-12-13-14-15-16-18-22-21-24(29-23-19-17-20-23)27-25(26-22)28(2)3/h21,23H,4-20H2,1-3H3. The minimum absolute atomic E-state index is 0.365. The van der Waals surface area contributed by atoms with Crippen molar-refractivity contribution in [2.75, 3.05) is 19.0 Å². The largest absolute Gasteiger partial charge is 0.474 e. The van der Waals surface area contributed by atoms with Gasteiger partial charge in [-0.1, -0.05) is 84.0 Å². The molecule has 1 fully saturated rings. The highest BCUT2D eigenvalue weighted by Crippen LogP contribution is 2.25. The van der Waals surface area contributed by atoms with E-state index in [1.807, 2.05) is 19.0 Å². The molecule has 2 rings (SSSR count). The summed E-state index contributed by atoms with van der Waals surface area (Å²) in [6, 6.07) is 2.06. The van der Waals surface area contributed by atoms with E-state index in [-0.39, 0.29) is 0 Å². The van der Waals surface area contributed by atoms with Crippen LogP contribution in [0.15, 0.2) is 6.07 Å². The maximum absolute atomic E-state index is 6.02. The lowest BCUT2D eigenvalue weighted by Crippen LogP contribution is -2.25. The number of unbranched alkanes of at least 4 members (excludes halogenated alkanes) is 12. The quantitative estimate of drug-likeness (QED) is 0.260. The van der Waals surface area contributed by atoms with Crippen molar-refractivity contribution in [1.82, 2.24) is 9.97 Å². The Labute approximate surface area is 179 Å². The molecule has 0 aromatic carbocycles. The number of hydrogen-bond donors (Lipinski definition) is 0. The average Bonchev–Trinajstić information content (AvgIpc) is 2.68. The van der Waals surface area contributed by atoms with E-state index in [0.29, 0.717) is 6.10 Å². The van der Waals surface area contributed by atoms with Crippen molar-refractivity contribution in [3.63, 3.8) is 0 Å². The summed E-state index contributed by atoms with van der Waals surface area (Å²) in [6.07, 6.45) is 23.1. The minimum Gasteiger partial charge on any atom is -0.474 e. The molecular formula is C25H45N3O. The molecule has 0 unspecified atom stereocenters. The fourth-order valence-corrected chi connectivity index (χ4v) is 3.83. The Kier molecular flexibility index (Phi) is 12.1. The van der Waals surface area contributed by atoms with Gasteiger partial charge in [0.25, 0.3) is 0 Å². The zero-order valence-electron chi connectivity index (χ0n) is 19.4. The van der Waals surface area contributed by atoms with Crippen LogP contribution in [0.25, 0.3) is 0 Å². The number of nitrogens with zero attached hydrogens (tertiary/aromatic N) is 3. The third-order valence-corrected chi connectivity index (χ3v) is 6.02. The molecule has 4 heteroatoms. The van der Waals surface area contributed by atoms with Gasteiger partial charge in [-0.3, -0.25) is 0 Å². The summed E-state index contributed by atoms with van der Waals surface area (Å²) in [7, 11) is 3.99. The molecule has 0 N–H and O–H groups in total. The molecule has 1 aliphatic rings. The Bertz CT molecular complexity index is 543. The van der Waals surface area contributed by atoms with Crippen LogP contribution in [0.5, 0.6) is 5.88 Å². The van der Waals surface area contributed by atoms with Crippen LogP contribution in [0.1, 0.15) is 115 Å². The zero-order valence-corrected chi connectivity index (χ0v) is 19.4. The summed E-state index contributed by atoms with van der Waals surface area (Å²) in [5.74, 6) is 1.53. The molecule has 0 spiro atoms. The van der Waals surface area contributed by atoms with Gasteiger partial charge in [-0.25, -0.2) is 4.98 Å². The minimum atomic E-state index is 0.365. The topological polar surface area (TPSA) is 38.2 Å². The second-order valence-electron chi connectivity index (χ2n) is 9.06. The van der Waals surface area contributed by atoms with Gasteiger partial charge in [0.15, 0.2) is 0 Å². The fraction of sp³-hybridized carbons (Fsp3) is 0.840. The monoisotopic (exact) mass is 403 g/mol. The second-order valence-corrected chi connectivity index (χ2v) is 9.06. The van der Waals surface area contributed by atoms with E-state index in [1.54, 1.807) is 0 Å². The molecule has 4 nitrogen and oxygen atoms in total. The van der Waals surface area contributed by atoms with Crippen LogP contribution in [0.3, 0.4) is 0 Å². The molecule has 0 aliphatic heterocycles. The van der Waals surface area contributed by atoms with Gasteiger partial charge in [0, 0.05) is 25.9 Å². The highest BCUT2D eigenvalue weighted by atomic mass is 16.5. The summed E-state index contributed by atoms with van der Waals surface area (Å²) >= 11 is 0. The molecule has 0 saturated heterocycles. The first-order valence-corrected chi connectivity index (χ1v) is 12.4. The molecule has 1 aromatic heterocycles. The Morgan fingerprint density at radius 2 is 1.38 bits per heavy atom. The van der Waals surface area contributed by atoms with Gasteiger partial charge in [-0.15, -0.1) is 0 Å². The molecule has 1 saturated carbocycles. The second kappa shape index (κ2) is 14.6. The van der Waals surface area contributed by atoms with E-state index in [4.69, 9.17) is 9.72 Å². The van der Waals surface area contributed by atoms with Crippen LogP contribution in [0.2, 0.25) is 0 Å². The molecule has 166 valence electrons. The molecule has 1 aromatic rings. The van der Waals surface area contributed by atoms with E-state index in [0.717, 1.165) is 36.8 Å². The normalized spacial score (nSPS) is 14.0. The smallest absolute Gasteiger partial charge is 0.228 e. The number of aromatic nitrogens is 2. The van der Waals surface area contributed by atoms with Gasteiger partial charge >= 0.3 is 0 Å². The van der Waals surface area contributed by atoms with Crippen molar-refractivity contribution in [2.45, 2.75) is 122 Å². The van der Waals surface area contributed by atoms with E-state index in [2.05, 4.69) is 18.0 Å². The number of aryl methyl sites for hydroxylation is 1. The first-order chi connectivity index (χ1) is 14.2. The maximum atomic E-state index is 6.02. The van der Waals surface area contributed by atoms with Crippen LogP contribution >= 0.6 is 0 Å². The fourth-order valence-electron chi connectivity index (χ4n) is 3.83. The molecule has 0 radical (unpaired) electrons.